The van der Waals surface area contributed by atoms with Gasteiger partial charge in [0.25, 0.3) is 0 Å². The Kier molecular flexibility index (Phi) is 32.8. The predicted octanol–water partition coefficient (Wildman–Crippen LogP) is 14.2. The fourth-order valence-corrected chi connectivity index (χ4v) is 8.09. The Morgan fingerprint density at radius 1 is 0.689 bits per heavy atom. The van der Waals surface area contributed by atoms with Gasteiger partial charge in [0.15, 0.2) is 0 Å². The number of hydrogen-bond acceptors (Lipinski definition) is 10. The van der Waals surface area contributed by atoms with E-state index < -0.39 is 5.97 Å². The molecule has 1 aromatic carbocycles. The zero-order valence-electron chi connectivity index (χ0n) is 38.2. The standard InChI is InChI=1S/C49H79N5O6S/c1-5-6-7-8-9-10-11-12-13-14-15-16-17-18-19-20-21-22-23-24-25-26-30-54(31-33-58-35-37-60-39-38-59-36-34-57-32-29-47(55)56)44-27-28-46(42(2)40-44)52-53-49-45(41-50)43(3)48(51-4)61-49/h27-28,40H,5-26,29-39H2,1-3H3,(H,55,56). The van der Waals surface area contributed by atoms with Crippen LogP contribution in [-0.2, 0) is 23.7 Å². The van der Waals surface area contributed by atoms with Crippen LogP contribution in [0.25, 0.3) is 4.85 Å². The van der Waals surface area contributed by atoms with Crippen LogP contribution in [0, 0.1) is 31.8 Å². The molecule has 2 aromatic rings. The number of rotatable bonds is 41. The lowest BCUT2D eigenvalue weighted by molar-refractivity contribution is -0.138. The summed E-state index contributed by atoms with van der Waals surface area (Å²) in [6, 6.07) is 8.37. The van der Waals surface area contributed by atoms with Crippen molar-refractivity contribution in [3.63, 3.8) is 0 Å². The van der Waals surface area contributed by atoms with Gasteiger partial charge in [0.2, 0.25) is 5.00 Å². The molecule has 0 amide bonds. The van der Waals surface area contributed by atoms with Crippen molar-refractivity contribution >= 4 is 38.7 Å². The third-order valence-corrected chi connectivity index (χ3v) is 12.0. The van der Waals surface area contributed by atoms with E-state index in [1.807, 2.05) is 13.0 Å². The van der Waals surface area contributed by atoms with Crippen LogP contribution in [0.5, 0.6) is 0 Å². The fraction of sp³-hybridized carbons (Fsp3) is 0.735. The molecule has 2 rings (SSSR count). The van der Waals surface area contributed by atoms with Crippen molar-refractivity contribution in [2.45, 2.75) is 168 Å². The molecule has 1 aromatic heterocycles. The van der Waals surface area contributed by atoms with Crippen LogP contribution in [0.4, 0.5) is 21.4 Å². The quantitative estimate of drug-likeness (QED) is 0.0397. The van der Waals surface area contributed by atoms with E-state index in [9.17, 15) is 10.1 Å². The van der Waals surface area contributed by atoms with Gasteiger partial charge < -0.3 is 29.0 Å². The summed E-state index contributed by atoms with van der Waals surface area (Å²) in [6.45, 7) is 18.6. The van der Waals surface area contributed by atoms with Gasteiger partial charge in [0, 0.05) is 18.8 Å². The maximum Gasteiger partial charge on any atom is 0.305 e. The maximum atomic E-state index is 10.5. The molecule has 0 fully saturated rings. The zero-order valence-corrected chi connectivity index (χ0v) is 39.0. The van der Waals surface area contributed by atoms with E-state index in [0.717, 1.165) is 36.4 Å². The van der Waals surface area contributed by atoms with Gasteiger partial charge in [-0.3, -0.25) is 4.79 Å². The Labute approximate surface area is 373 Å². The molecule has 1 heterocycles. The Hall–Kier alpha value is -3.39. The van der Waals surface area contributed by atoms with Crippen molar-refractivity contribution in [2.75, 3.05) is 70.8 Å². The van der Waals surface area contributed by atoms with E-state index in [1.165, 1.54) is 146 Å². The molecule has 0 spiro atoms. The molecule has 0 aliphatic rings. The highest BCUT2D eigenvalue weighted by molar-refractivity contribution is 7.20. The summed E-state index contributed by atoms with van der Waals surface area (Å²) in [5.41, 5.74) is 3.90. The second-order valence-electron chi connectivity index (χ2n) is 16.1. The number of ether oxygens (including phenoxy) is 4. The van der Waals surface area contributed by atoms with Crippen LogP contribution in [-0.4, -0.2) is 77.0 Å². The lowest BCUT2D eigenvalue weighted by Gasteiger charge is -2.25. The first-order valence-corrected chi connectivity index (χ1v) is 24.4. The first-order chi connectivity index (χ1) is 29.9. The van der Waals surface area contributed by atoms with E-state index >= 15 is 0 Å². The van der Waals surface area contributed by atoms with Gasteiger partial charge >= 0.3 is 5.97 Å². The Morgan fingerprint density at radius 2 is 1.15 bits per heavy atom. The highest BCUT2D eigenvalue weighted by Crippen LogP contribution is 2.41. The minimum absolute atomic E-state index is 0.00604. The lowest BCUT2D eigenvalue weighted by Crippen LogP contribution is -2.29. The molecule has 12 heteroatoms. The molecule has 0 atom stereocenters. The molecule has 0 bridgehead atoms. The third-order valence-electron chi connectivity index (χ3n) is 11.0. The van der Waals surface area contributed by atoms with E-state index in [2.05, 4.69) is 45.1 Å². The summed E-state index contributed by atoms with van der Waals surface area (Å²) in [5, 5.41) is 28.0. The molecule has 0 aliphatic carbocycles. The van der Waals surface area contributed by atoms with Crippen LogP contribution in [0.15, 0.2) is 28.4 Å². The van der Waals surface area contributed by atoms with Gasteiger partial charge in [0.1, 0.15) is 11.1 Å². The summed E-state index contributed by atoms with van der Waals surface area (Å²) < 4.78 is 22.3. The van der Waals surface area contributed by atoms with Gasteiger partial charge in [-0.25, -0.2) is 4.85 Å². The van der Waals surface area contributed by atoms with Crippen molar-refractivity contribution in [1.29, 1.82) is 5.26 Å². The number of unbranched alkanes of at least 4 members (excludes halogenated alkanes) is 21. The van der Waals surface area contributed by atoms with Crippen LogP contribution < -0.4 is 4.90 Å². The van der Waals surface area contributed by atoms with Gasteiger partial charge in [-0.1, -0.05) is 142 Å². The van der Waals surface area contributed by atoms with Crippen LogP contribution >= 0.6 is 11.3 Å². The number of hydrogen-bond donors (Lipinski definition) is 1. The average molecular weight is 866 g/mol. The number of aliphatic carboxylic acids is 1. The monoisotopic (exact) mass is 866 g/mol. The molecule has 342 valence electrons. The van der Waals surface area contributed by atoms with E-state index in [1.54, 1.807) is 6.92 Å². The van der Waals surface area contributed by atoms with Crippen molar-refractivity contribution in [1.82, 2.24) is 0 Å². The van der Waals surface area contributed by atoms with Crippen molar-refractivity contribution in [2.24, 2.45) is 10.2 Å². The van der Waals surface area contributed by atoms with E-state index in [-0.39, 0.29) is 13.0 Å². The molecular weight excluding hydrogens is 787 g/mol. The van der Waals surface area contributed by atoms with Crippen molar-refractivity contribution in [3.8, 4) is 6.07 Å². The molecule has 61 heavy (non-hydrogen) atoms. The normalized spacial score (nSPS) is 11.4. The van der Waals surface area contributed by atoms with Crippen LogP contribution in [0.1, 0.15) is 171 Å². The van der Waals surface area contributed by atoms with Crippen LogP contribution in [0.3, 0.4) is 0 Å². The SMILES string of the molecule is [C-]#[N+]c1sc(N=Nc2ccc(N(CCCCCCCCCCCCCCCCCCCCCCCC)CCOCCOCCOCCOCCC(=O)O)cc2C)c(C#N)c1C. The van der Waals surface area contributed by atoms with Crippen molar-refractivity contribution < 1.29 is 28.8 Å². The Bertz CT molecular complexity index is 1540. The van der Waals surface area contributed by atoms with Gasteiger partial charge in [-0.2, -0.15) is 5.26 Å². The smallest absolute Gasteiger partial charge is 0.305 e. The number of anilines is 1. The number of azo groups is 1. The zero-order chi connectivity index (χ0) is 44.0. The van der Waals surface area contributed by atoms with Gasteiger partial charge in [0.05, 0.1) is 77.1 Å². The minimum Gasteiger partial charge on any atom is -0.481 e. The fourth-order valence-electron chi connectivity index (χ4n) is 7.22. The molecule has 11 nitrogen and oxygen atoms in total. The van der Waals surface area contributed by atoms with Crippen LogP contribution in [0.2, 0.25) is 0 Å². The number of benzene rings is 1. The number of carboxylic acids is 1. The summed E-state index contributed by atoms with van der Waals surface area (Å²) in [6.07, 6.45) is 30.3. The van der Waals surface area contributed by atoms with Crippen molar-refractivity contribution in [3.05, 3.63) is 46.3 Å². The first kappa shape index (κ1) is 53.7. The number of aryl methyl sites for hydroxylation is 1. The van der Waals surface area contributed by atoms with Gasteiger partial charge in [-0.15, -0.1) is 21.6 Å². The second kappa shape index (κ2) is 37.2. The highest BCUT2D eigenvalue weighted by Gasteiger charge is 2.15. The third kappa shape index (κ3) is 26.6. The molecular formula is C49H79N5O6S. The highest BCUT2D eigenvalue weighted by atomic mass is 32.1. The van der Waals surface area contributed by atoms with E-state index in [0.29, 0.717) is 67.4 Å². The average Bonchev–Trinajstić information content (AvgIpc) is 3.57. The lowest BCUT2D eigenvalue weighted by atomic mass is 10.0. The number of thiophene rings is 1. The summed E-state index contributed by atoms with van der Waals surface area (Å²) in [7, 11) is 0. The Balaban J connectivity index is 1.67. The molecule has 0 unspecified atom stereocenters. The summed E-state index contributed by atoms with van der Waals surface area (Å²) in [4.78, 5) is 16.4. The second-order valence-corrected chi connectivity index (χ2v) is 17.1. The molecule has 0 saturated carbocycles. The molecule has 0 radical (unpaired) electrons. The number of carboxylic acid groups (broad SMARTS) is 1. The maximum absolute atomic E-state index is 10.5. The number of nitrogens with zero attached hydrogens (tertiary/aromatic N) is 5. The molecule has 0 saturated heterocycles. The first-order valence-electron chi connectivity index (χ1n) is 23.6. The predicted molar refractivity (Wildman–Crippen MR) is 250 cm³/mol. The summed E-state index contributed by atoms with van der Waals surface area (Å²) in [5.74, 6) is -0.871. The topological polar surface area (TPSA) is 130 Å². The number of carbonyl (C=O) groups is 1. The molecule has 1 N–H and O–H groups in total. The van der Waals surface area contributed by atoms with Gasteiger partial charge in [-0.05, 0) is 49.6 Å². The van der Waals surface area contributed by atoms with E-state index in [4.69, 9.17) is 30.6 Å². The number of nitriles is 1. The minimum atomic E-state index is -0.871. The largest absolute Gasteiger partial charge is 0.481 e. The summed E-state index contributed by atoms with van der Waals surface area (Å²) >= 11 is 1.20. The molecule has 0 aliphatic heterocycles. The Morgan fingerprint density at radius 3 is 1.59 bits per heavy atom.